The van der Waals surface area contributed by atoms with Crippen LogP contribution in [0.1, 0.15) is 0 Å². The monoisotopic (exact) mass is 1770 g/mol. The Balaban J connectivity index is 0.000000110. The van der Waals surface area contributed by atoms with Gasteiger partial charge in [-0.15, -0.1) is 0 Å². The summed E-state index contributed by atoms with van der Waals surface area (Å²) in [5, 5.41) is 17.8. The zero-order chi connectivity index (χ0) is 92.1. The minimum Gasteiger partial charge on any atom is -0.292 e. The van der Waals surface area contributed by atoms with Crippen LogP contribution in [0.5, 0.6) is 0 Å². The summed E-state index contributed by atoms with van der Waals surface area (Å²) in [6, 6.07) is 161. The van der Waals surface area contributed by atoms with Crippen LogP contribution in [0.25, 0.3) is 259 Å². The van der Waals surface area contributed by atoms with Crippen molar-refractivity contribution in [3.63, 3.8) is 0 Å². The van der Waals surface area contributed by atoms with Crippen molar-refractivity contribution in [1.82, 2.24) is 49.4 Å². The molecule has 0 N–H and O–H groups in total. The Bertz CT molecular complexity index is 9420. The average molecular weight is 1770 g/mol. The van der Waals surface area contributed by atoms with E-state index in [1.807, 2.05) is 98.0 Å². The molecule has 27 rings (SSSR count). The molecule has 19 aromatic carbocycles. The van der Waals surface area contributed by atoms with E-state index in [0.29, 0.717) is 0 Å². The third kappa shape index (κ3) is 15.6. The highest BCUT2D eigenvalue weighted by Crippen LogP contribution is 2.46. The Morgan fingerprint density at radius 3 is 0.928 bits per heavy atom. The number of nitrogens with zero attached hydrogens (tertiary/aromatic N) is 10. The smallest absolute Gasteiger partial charge is 0.146 e. The summed E-state index contributed by atoms with van der Waals surface area (Å²) in [5.74, 6) is 0.940. The lowest BCUT2D eigenvalue weighted by atomic mass is 9.90. The van der Waals surface area contributed by atoms with Crippen LogP contribution in [-0.4, -0.2) is 49.4 Å². The number of aromatic nitrogens is 10. The van der Waals surface area contributed by atoms with Crippen molar-refractivity contribution in [3.8, 4) is 140 Å². The van der Waals surface area contributed by atoms with Crippen molar-refractivity contribution in [2.45, 2.75) is 0 Å². The number of benzene rings is 19. The molecule has 0 atom stereocenters. The molecule has 10 nitrogen and oxygen atoms in total. The fourth-order valence-corrected chi connectivity index (χ4v) is 20.1. The first-order valence-electron chi connectivity index (χ1n) is 46.8. The van der Waals surface area contributed by atoms with Gasteiger partial charge in [0.05, 0.1) is 61.4 Å². The van der Waals surface area contributed by atoms with Crippen molar-refractivity contribution in [1.29, 1.82) is 0 Å². The van der Waals surface area contributed by atoms with Gasteiger partial charge in [0.2, 0.25) is 0 Å². The van der Waals surface area contributed by atoms with Gasteiger partial charge in [0.25, 0.3) is 0 Å². The van der Waals surface area contributed by atoms with Gasteiger partial charge in [-0.25, -0.2) is 19.9 Å². The molecular formula is C129H82N10. The summed E-state index contributed by atoms with van der Waals surface area (Å²) >= 11 is 0. The lowest BCUT2D eigenvalue weighted by molar-refractivity contribution is 1.11. The molecular weight excluding hydrogens is 1690 g/mol. The largest absolute Gasteiger partial charge is 0.292 e. The summed E-state index contributed by atoms with van der Waals surface area (Å²) < 4.78 is 2.27. The first-order valence-corrected chi connectivity index (χ1v) is 46.8. The normalized spacial score (nSPS) is 11.5. The molecule has 139 heavy (non-hydrogen) atoms. The predicted octanol–water partition coefficient (Wildman–Crippen LogP) is 33.1. The van der Waals surface area contributed by atoms with Crippen molar-refractivity contribution in [3.05, 3.63) is 498 Å². The van der Waals surface area contributed by atoms with E-state index in [9.17, 15) is 0 Å². The van der Waals surface area contributed by atoms with E-state index in [2.05, 4.69) is 415 Å². The predicted molar refractivity (Wildman–Crippen MR) is 577 cm³/mol. The molecule has 10 heteroatoms. The van der Waals surface area contributed by atoms with Gasteiger partial charge in [-0.3, -0.25) is 29.5 Å². The van der Waals surface area contributed by atoms with Crippen molar-refractivity contribution < 1.29 is 0 Å². The molecule has 0 unspecified atom stereocenters. The first kappa shape index (κ1) is 82.2. The number of imidazole rings is 1. The second-order valence-electron chi connectivity index (χ2n) is 35.1. The Labute approximate surface area is 801 Å². The first-order chi connectivity index (χ1) is 68.9. The van der Waals surface area contributed by atoms with Gasteiger partial charge in [-0.1, -0.05) is 340 Å². The summed E-state index contributed by atoms with van der Waals surface area (Å²) in [6.07, 6.45) is 13.1. The van der Waals surface area contributed by atoms with E-state index in [1.165, 1.54) is 98.2 Å². The van der Waals surface area contributed by atoms with Gasteiger partial charge in [-0.05, 0) is 242 Å². The maximum absolute atomic E-state index is 5.20. The summed E-state index contributed by atoms with van der Waals surface area (Å²) in [5.41, 5.74) is 33.1. The molecule has 0 amide bonds. The van der Waals surface area contributed by atoms with E-state index < -0.39 is 0 Å². The number of pyridine rings is 6. The van der Waals surface area contributed by atoms with Crippen LogP contribution in [0, 0.1) is 0 Å². The highest BCUT2D eigenvalue weighted by Gasteiger charge is 2.23. The fourth-order valence-electron chi connectivity index (χ4n) is 20.1. The topological polar surface area (TPSA) is 121 Å². The average Bonchev–Trinajstić information content (AvgIpc) is 1.22. The Hall–Kier alpha value is -18.8. The van der Waals surface area contributed by atoms with Crippen LogP contribution < -0.4 is 0 Å². The Morgan fingerprint density at radius 2 is 0.489 bits per heavy atom. The van der Waals surface area contributed by atoms with E-state index in [1.54, 1.807) is 0 Å². The van der Waals surface area contributed by atoms with Gasteiger partial charge in [0.15, 0.2) is 0 Å². The molecule has 648 valence electrons. The highest BCUT2D eigenvalue weighted by atomic mass is 15.1. The van der Waals surface area contributed by atoms with E-state index in [0.717, 1.165) is 161 Å². The molecule has 0 aliphatic carbocycles. The summed E-state index contributed by atoms with van der Waals surface area (Å²) in [4.78, 5) is 43.4. The van der Waals surface area contributed by atoms with E-state index >= 15 is 0 Å². The number of fused-ring (bicyclic) bond motifs is 14. The van der Waals surface area contributed by atoms with E-state index in [4.69, 9.17) is 34.9 Å². The molecule has 0 fully saturated rings. The number of hydrogen-bond acceptors (Lipinski definition) is 9. The minimum atomic E-state index is 0.885. The van der Waals surface area contributed by atoms with Crippen LogP contribution in [0.3, 0.4) is 0 Å². The molecule has 0 saturated heterocycles. The zero-order valence-corrected chi connectivity index (χ0v) is 75.3. The van der Waals surface area contributed by atoms with Crippen LogP contribution in [0.2, 0.25) is 0 Å². The molecule has 27 aromatic rings. The number of rotatable bonds is 13. The quantitative estimate of drug-likeness (QED) is 0.104. The van der Waals surface area contributed by atoms with Gasteiger partial charge in [-0.2, -0.15) is 0 Å². The summed E-state index contributed by atoms with van der Waals surface area (Å²) in [7, 11) is 0. The maximum atomic E-state index is 5.20. The Morgan fingerprint density at radius 1 is 0.165 bits per heavy atom. The number of para-hydroxylation sites is 5. The molecule has 0 saturated carbocycles. The molecule has 0 aliphatic rings. The van der Waals surface area contributed by atoms with E-state index in [-0.39, 0.29) is 0 Å². The maximum Gasteiger partial charge on any atom is 0.146 e. The van der Waals surface area contributed by atoms with Crippen LogP contribution in [-0.2, 0) is 0 Å². The minimum absolute atomic E-state index is 0.885. The molecule has 8 heterocycles. The van der Waals surface area contributed by atoms with Crippen molar-refractivity contribution in [2.24, 2.45) is 0 Å². The molecule has 0 spiro atoms. The van der Waals surface area contributed by atoms with Crippen molar-refractivity contribution in [2.75, 3.05) is 0 Å². The SMILES string of the molecule is c1cc(-c2ccc3c(c2)ncc2ccccc23)cc(-c2ccc(-c3cc(-c4ccncc4)nc(-c4ccncc4)c3)c3ccccc23)c1.c1ccc(-c2nc3ccccc3nc2-c2ccc(-c3cccc(-c4ccc5c(c4)ncc4ccccc45)c3)c3ccccc23)cc1.c1ccc(-n2c(-c3ccc(-c4cccc(-c5ccc6c(c5)ncc5ccccc56)c4)c4ccccc34)nc3ccccc32)cc1. The lowest BCUT2D eigenvalue weighted by Gasteiger charge is -2.15. The zero-order valence-electron chi connectivity index (χ0n) is 75.3. The fraction of sp³-hybridized carbons (Fsp3) is 0. The second-order valence-corrected chi connectivity index (χ2v) is 35.1. The third-order valence-electron chi connectivity index (χ3n) is 26.8. The molecule has 0 bridgehead atoms. The number of hydrogen-bond donors (Lipinski definition) is 0. The lowest BCUT2D eigenvalue weighted by Crippen LogP contribution is -1.98. The molecule has 0 aliphatic heterocycles. The van der Waals surface area contributed by atoms with Crippen LogP contribution >= 0.6 is 0 Å². The molecule has 8 aromatic heterocycles. The van der Waals surface area contributed by atoms with Gasteiger partial charge < -0.3 is 0 Å². The van der Waals surface area contributed by atoms with Crippen molar-refractivity contribution >= 4 is 119 Å². The van der Waals surface area contributed by atoms with Gasteiger partial charge in [0.1, 0.15) is 5.82 Å². The highest BCUT2D eigenvalue weighted by molar-refractivity contribution is 6.13. The third-order valence-corrected chi connectivity index (χ3v) is 26.8. The molecule has 0 radical (unpaired) electrons. The Kier molecular flexibility index (Phi) is 21.1. The van der Waals surface area contributed by atoms with Gasteiger partial charge >= 0.3 is 0 Å². The standard InChI is InChI=1S/C44H28N4.C43H27N3.C42H27N3/c1-2-9-36-34(6-1)28-47-44-25-32(12-13-41(36)44)31-7-5-8-33(24-31)37-14-15-38(40-11-4-3-10-39(37)40)35-26-42(29-16-20-45-21-17-29)48-43(27-35)30-18-22-46-23-19-30;1-2-11-28(12-3-1)42-43(46-40-20-9-8-19-39(40)45-42)38-24-23-34(35-17-6-7-18-36(35)38)31-15-10-14-29(25-31)30-21-22-37-33-16-5-4-13-32(33)27-44-41(37)26-30;1-2-14-32(15-3-1)45-41-20-9-8-19-39(41)44-42(45)38-24-23-34(35-17-6-7-18-36(35)38)30-13-10-12-28(25-30)29-21-22-37-33-16-5-4-11-31(33)27-43-40(37)26-29/h1-28H;1-27H;1-27H. The van der Waals surface area contributed by atoms with Crippen LogP contribution in [0.4, 0.5) is 0 Å². The second kappa shape index (κ2) is 35.6. The summed E-state index contributed by atoms with van der Waals surface area (Å²) in [6.45, 7) is 0. The van der Waals surface area contributed by atoms with Gasteiger partial charge in [0, 0.05) is 109 Å². The van der Waals surface area contributed by atoms with Crippen LogP contribution in [0.15, 0.2) is 498 Å².